The first-order valence-electron chi connectivity index (χ1n) is 46.9. The van der Waals surface area contributed by atoms with Crippen molar-refractivity contribution in [3.05, 3.63) is 213 Å². The summed E-state index contributed by atoms with van der Waals surface area (Å²) in [5, 5.41) is 20.0. The first kappa shape index (κ1) is 97.9. The van der Waals surface area contributed by atoms with Gasteiger partial charge in [-0.25, -0.2) is 97.4 Å². The van der Waals surface area contributed by atoms with Crippen LogP contribution in [0.4, 0.5) is 43.0 Å². The summed E-state index contributed by atoms with van der Waals surface area (Å²) in [6.45, 7) is 27.8. The molecule has 0 radical (unpaired) electrons. The van der Waals surface area contributed by atoms with E-state index in [0.29, 0.717) is 120 Å². The number of ether oxygens (including phenoxy) is 4. The van der Waals surface area contributed by atoms with E-state index in [1.807, 2.05) is 98.6 Å². The fraction of sp³-hybridized carbons (Fsp3) is 0.316. The van der Waals surface area contributed by atoms with Crippen LogP contribution in [0.2, 0.25) is 0 Å². The molecule has 4 fully saturated rings. The lowest BCUT2D eigenvalue weighted by Crippen LogP contribution is -2.47. The quantitative estimate of drug-likeness (QED) is 0.0237. The number of amides is 5. The molecule has 0 saturated carbocycles. The fourth-order valence-electron chi connectivity index (χ4n) is 16.8. The van der Waals surface area contributed by atoms with E-state index < -0.39 is 28.3 Å². The van der Waals surface area contributed by atoms with Crippen LogP contribution in [-0.4, -0.2) is 298 Å². The van der Waals surface area contributed by atoms with Gasteiger partial charge in [0.25, 0.3) is 0 Å². The van der Waals surface area contributed by atoms with Crippen LogP contribution in [0.3, 0.4) is 0 Å². The molecule has 12 aromatic heterocycles. The van der Waals surface area contributed by atoms with Crippen LogP contribution in [0.15, 0.2) is 190 Å². The van der Waals surface area contributed by atoms with Crippen molar-refractivity contribution in [2.75, 3.05) is 146 Å². The molecule has 5 amide bonds. The number of carbonyl (C=O) groups excluding carboxylic acids is 4. The molecule has 11 N–H and O–H groups in total. The molecule has 2 atom stereocenters. The summed E-state index contributed by atoms with van der Waals surface area (Å²) in [7, 11) is -3.16. The topological polar surface area (TPSA) is 522 Å². The number of morpholine rings is 1. The fourth-order valence-corrected chi connectivity index (χ4v) is 17.6. The molecule has 20 rings (SSSR count). The Morgan fingerprint density at radius 2 is 0.683 bits per heavy atom. The Bertz CT molecular complexity index is 6890. The molecule has 0 aliphatic carbocycles. The van der Waals surface area contributed by atoms with Crippen molar-refractivity contribution < 1.29 is 46.5 Å². The molecular formula is C98H109N33O10S. The Morgan fingerprint density at radius 3 is 0.986 bits per heavy atom. The van der Waals surface area contributed by atoms with E-state index in [9.17, 15) is 27.6 Å². The highest BCUT2D eigenvalue weighted by atomic mass is 32.2. The van der Waals surface area contributed by atoms with Gasteiger partial charge in [0.1, 0.15) is 27.9 Å². The van der Waals surface area contributed by atoms with Crippen LogP contribution in [0.25, 0.3) is 134 Å². The summed E-state index contributed by atoms with van der Waals surface area (Å²) in [6, 6.07) is 34.8. The number of hydrogen-bond acceptors (Lipinski definition) is 33. The number of rotatable bonds is 25. The molecule has 43 nitrogen and oxygen atoms in total. The van der Waals surface area contributed by atoms with Crippen molar-refractivity contribution in [3.8, 4) is 90.1 Å². The number of sulfonamides is 1. The summed E-state index contributed by atoms with van der Waals surface area (Å²) in [6.07, 6.45) is 22.6. The molecule has 142 heavy (non-hydrogen) atoms. The molecule has 16 aromatic rings. The number of hydrogen-bond donors (Lipinski definition) is 11. The lowest BCUT2D eigenvalue weighted by molar-refractivity contribution is -0.0710. The van der Waals surface area contributed by atoms with E-state index in [1.54, 1.807) is 94.6 Å². The van der Waals surface area contributed by atoms with E-state index in [2.05, 4.69) is 190 Å². The molecular weight excluding hydrogens is 1830 g/mol. The number of fused-ring (bicyclic) bond motifs is 4. The van der Waals surface area contributed by atoms with Gasteiger partial charge >= 0.3 is 24.3 Å². The van der Waals surface area contributed by atoms with Gasteiger partial charge in [0.2, 0.25) is 33.8 Å². The number of piperazine rings is 3. The monoisotopic (exact) mass is 1940 g/mol. The molecule has 0 unspecified atom stereocenters. The standard InChI is InChI=1S/C25H28N8O4S.C25H28N8O3.C24H27N9O.C24H26N8O2/c1-3-37-25(34)31-24-29-21-14-18(13-20(22(21)30-24)23-26-7-4-8-27-23)17-5-6-19(28-15-17)16-32-9-11-33(12-10-32)38(2,35)36;1-4-35-25(34)32-24-30-20-9-17(8-19(22(20)31-24)23-26-6-5-7-27-23)18-10-28-21(29-11-18)14-33-12-15(2)36-16(3)13-33;1-2-26-24(34)32-23-30-20-13-17(12-19(21(20)31-23)22-27-6-3-7-28-22)16-4-5-18(29-14-16)15-33-10-8-25-9-11-33;1-2-34-24(33)31-23-29-20-13-17(12-19(21(20)30-23)22-26-6-3-7-27-22)16-4-5-18(28-14-16)15-32-10-8-25-9-11-32/h4-8,13-15H,3,9-12,16H2,1-2H3,(H2,29,30,31,34);5-11,15-16H,4,12-14H2,1-3H3,(H2,30,31,32,34);3-7,12-14,25H,2,8-11,15H2,1H3,(H3,26,30,31,32,34);3-7,12-14,25H,2,8-11,15H2,1H3,(H2,29,30,31,33)/t;15-,16+;;. The van der Waals surface area contributed by atoms with Crippen molar-refractivity contribution in [3.63, 3.8) is 0 Å². The van der Waals surface area contributed by atoms with Gasteiger partial charge in [-0.1, -0.05) is 18.2 Å². The highest BCUT2D eigenvalue weighted by Crippen LogP contribution is 2.38. The average Bonchev–Trinajstić information content (AvgIpc) is 1.60. The summed E-state index contributed by atoms with van der Waals surface area (Å²) in [5.74, 6) is 4.09. The van der Waals surface area contributed by atoms with Crippen LogP contribution >= 0.6 is 0 Å². The highest BCUT2D eigenvalue weighted by Gasteiger charge is 2.28. The Hall–Kier alpha value is -15.7. The molecule has 0 bridgehead atoms. The van der Waals surface area contributed by atoms with Gasteiger partial charge in [-0.05, 0) is 155 Å². The summed E-state index contributed by atoms with van der Waals surface area (Å²) < 4.78 is 45.7. The highest BCUT2D eigenvalue weighted by molar-refractivity contribution is 7.88. The van der Waals surface area contributed by atoms with E-state index in [0.717, 1.165) is 174 Å². The van der Waals surface area contributed by atoms with Gasteiger partial charge in [-0.2, -0.15) is 4.31 Å². The summed E-state index contributed by atoms with van der Waals surface area (Å²) >= 11 is 0. The number of nitrogens with zero attached hydrogens (tertiary/aromatic N) is 22. The van der Waals surface area contributed by atoms with Gasteiger partial charge in [-0.15, -0.1) is 0 Å². The molecule has 4 saturated heterocycles. The number of pyridine rings is 3. The van der Waals surface area contributed by atoms with Crippen molar-refractivity contribution >= 4 is 102 Å². The first-order chi connectivity index (χ1) is 69.2. The van der Waals surface area contributed by atoms with Gasteiger partial charge in [0.15, 0.2) is 23.3 Å². The maximum Gasteiger partial charge on any atom is 0.413 e. The minimum atomic E-state index is -3.16. The normalized spacial score (nSPS) is 15.5. The zero-order chi connectivity index (χ0) is 98.4. The summed E-state index contributed by atoms with van der Waals surface area (Å²) in [4.78, 5) is 146. The number of H-pyrrole nitrogens is 4. The third-order valence-electron chi connectivity index (χ3n) is 23.4. The minimum Gasteiger partial charge on any atom is -0.450 e. The van der Waals surface area contributed by atoms with Crippen molar-refractivity contribution in [1.29, 1.82) is 0 Å². The number of aromatic amines is 4. The number of aromatic nitrogens is 21. The molecule has 16 heterocycles. The smallest absolute Gasteiger partial charge is 0.413 e. The zero-order valence-electron chi connectivity index (χ0n) is 79.4. The predicted octanol–water partition coefficient (Wildman–Crippen LogP) is 12.1. The third-order valence-corrected chi connectivity index (χ3v) is 24.7. The van der Waals surface area contributed by atoms with Crippen molar-refractivity contribution in [2.24, 2.45) is 0 Å². The maximum atomic E-state index is 12.0. The Kier molecular flexibility index (Phi) is 32.0. The van der Waals surface area contributed by atoms with E-state index in [-0.39, 0.29) is 50.0 Å². The lowest BCUT2D eigenvalue weighted by atomic mass is 10.0. The number of nitrogens with one attached hydrogen (secondary N) is 11. The van der Waals surface area contributed by atoms with Crippen LogP contribution in [0, 0.1) is 0 Å². The molecule has 0 spiro atoms. The SMILES string of the molecule is CCNC(=O)Nc1nc2c(-c3ncccn3)cc(-c3ccc(CN4CCNCC4)nc3)cc2[nH]1.CCOC(=O)Nc1nc2c(-c3ncccn3)cc(-c3ccc(CN4CCN(S(C)(=O)=O)CC4)nc3)cc2[nH]1.CCOC(=O)Nc1nc2c(-c3ncccn3)cc(-c3ccc(CN4CCNCC4)nc3)cc2[nH]1.CCOC(=O)Nc1nc2c(-c3ncccn3)cc(-c3cnc(CN4C[C@@H](C)O[C@@H](C)C4)nc3)cc2[nH]1. The zero-order valence-corrected chi connectivity index (χ0v) is 80.3. The average molecular weight is 1940 g/mol. The van der Waals surface area contributed by atoms with Crippen molar-refractivity contribution in [2.45, 2.75) is 79.9 Å². The second-order valence-corrected chi connectivity index (χ2v) is 35.8. The number of benzene rings is 4. The second-order valence-electron chi connectivity index (χ2n) is 33.8. The lowest BCUT2D eigenvalue weighted by Gasteiger charge is -2.34. The van der Waals surface area contributed by atoms with Crippen LogP contribution in [0.1, 0.15) is 64.4 Å². The molecule has 4 aliphatic heterocycles. The largest absolute Gasteiger partial charge is 0.450 e. The van der Waals surface area contributed by atoms with Crippen molar-refractivity contribution in [1.82, 2.24) is 145 Å². The molecule has 4 aromatic carbocycles. The summed E-state index contributed by atoms with van der Waals surface area (Å²) in [5.41, 5.74) is 18.8. The van der Waals surface area contributed by atoms with Gasteiger partial charge in [0.05, 0.1) is 84.0 Å². The molecule has 44 heteroatoms. The minimum absolute atomic E-state index is 0.191. The van der Waals surface area contributed by atoms with Gasteiger partial charge in [0, 0.05) is 243 Å². The van der Waals surface area contributed by atoms with E-state index in [4.69, 9.17) is 28.9 Å². The molecule has 732 valence electrons. The first-order valence-corrected chi connectivity index (χ1v) is 48.7. The second kappa shape index (κ2) is 46.4. The Balaban J connectivity index is 0.000000130. The number of imidazole rings is 4. The number of carbonyl (C=O) groups is 4. The Morgan fingerprint density at radius 1 is 0.373 bits per heavy atom. The van der Waals surface area contributed by atoms with Crippen LogP contribution in [0.5, 0.6) is 0 Å². The Labute approximate surface area is 817 Å². The van der Waals surface area contributed by atoms with Gasteiger partial charge in [-0.3, -0.25) is 55.8 Å². The van der Waals surface area contributed by atoms with Gasteiger partial charge < -0.3 is 54.8 Å². The third kappa shape index (κ3) is 25.5. The number of urea groups is 1. The van der Waals surface area contributed by atoms with E-state index in [1.165, 1.54) is 10.6 Å². The van der Waals surface area contributed by atoms with Crippen LogP contribution < -0.4 is 37.2 Å². The number of anilines is 4. The predicted molar refractivity (Wildman–Crippen MR) is 537 cm³/mol. The van der Waals surface area contributed by atoms with Crippen LogP contribution in [-0.2, 0) is 55.1 Å². The molecule has 4 aliphatic rings. The maximum absolute atomic E-state index is 12.0. The van der Waals surface area contributed by atoms with E-state index >= 15 is 0 Å².